The van der Waals surface area contributed by atoms with Gasteiger partial charge in [-0.2, -0.15) is 5.10 Å². The minimum Gasteiger partial charge on any atom is -0.313 e. The molecule has 2 rings (SSSR count). The second-order valence-electron chi connectivity index (χ2n) is 5.26. The molecule has 0 saturated carbocycles. The molecule has 0 saturated heterocycles. The van der Waals surface area contributed by atoms with Crippen LogP contribution in [-0.2, 0) is 6.42 Å². The van der Waals surface area contributed by atoms with Crippen LogP contribution in [0.2, 0.25) is 0 Å². The van der Waals surface area contributed by atoms with Crippen molar-refractivity contribution in [1.82, 2.24) is 15.1 Å². The molecule has 0 bridgehead atoms. The topological polar surface area (TPSA) is 29.9 Å². The maximum absolute atomic E-state index is 14.0. The first-order valence-electron chi connectivity index (χ1n) is 7.21. The van der Waals surface area contributed by atoms with Crippen molar-refractivity contribution >= 4 is 15.9 Å². The van der Waals surface area contributed by atoms with Crippen molar-refractivity contribution in [3.05, 3.63) is 52.0 Å². The molecule has 0 aliphatic heterocycles. The largest absolute Gasteiger partial charge is 0.313 e. The Morgan fingerprint density at radius 2 is 2.14 bits per heavy atom. The van der Waals surface area contributed by atoms with Crippen LogP contribution in [0, 0.1) is 5.82 Å². The molecule has 0 aliphatic rings. The summed E-state index contributed by atoms with van der Waals surface area (Å²) in [4.78, 5) is 0. The summed E-state index contributed by atoms with van der Waals surface area (Å²) in [6, 6.07) is 7.32. The SMILES string of the molecule is CCC(C)n1ccc(CC(NC)c2cc(Br)ccc2F)n1. The monoisotopic (exact) mass is 353 g/mol. The first-order valence-corrected chi connectivity index (χ1v) is 8.00. The van der Waals surface area contributed by atoms with E-state index in [2.05, 4.69) is 40.2 Å². The van der Waals surface area contributed by atoms with Crippen LogP contribution in [0.3, 0.4) is 0 Å². The molecule has 1 heterocycles. The highest BCUT2D eigenvalue weighted by molar-refractivity contribution is 9.10. The van der Waals surface area contributed by atoms with Gasteiger partial charge in [-0.15, -0.1) is 0 Å². The van der Waals surface area contributed by atoms with Gasteiger partial charge in [-0.3, -0.25) is 4.68 Å². The Morgan fingerprint density at radius 3 is 2.81 bits per heavy atom. The van der Waals surface area contributed by atoms with Gasteiger partial charge in [0.05, 0.1) is 5.69 Å². The van der Waals surface area contributed by atoms with Crippen LogP contribution in [-0.4, -0.2) is 16.8 Å². The van der Waals surface area contributed by atoms with E-state index in [9.17, 15) is 4.39 Å². The van der Waals surface area contributed by atoms with Gasteiger partial charge in [0.15, 0.2) is 0 Å². The van der Waals surface area contributed by atoms with Crippen LogP contribution in [0.5, 0.6) is 0 Å². The third-order valence-corrected chi connectivity index (χ3v) is 4.29. The highest BCUT2D eigenvalue weighted by Crippen LogP contribution is 2.24. The third-order valence-electron chi connectivity index (χ3n) is 3.80. The maximum Gasteiger partial charge on any atom is 0.128 e. The fraction of sp³-hybridized carbons (Fsp3) is 0.438. The molecule has 21 heavy (non-hydrogen) atoms. The van der Waals surface area contributed by atoms with E-state index in [0.29, 0.717) is 18.0 Å². The summed E-state index contributed by atoms with van der Waals surface area (Å²) < 4.78 is 16.9. The van der Waals surface area contributed by atoms with Gasteiger partial charge >= 0.3 is 0 Å². The Morgan fingerprint density at radius 1 is 1.38 bits per heavy atom. The van der Waals surface area contributed by atoms with Crippen LogP contribution in [0.1, 0.15) is 43.6 Å². The minimum absolute atomic E-state index is 0.0946. The van der Waals surface area contributed by atoms with Crippen molar-refractivity contribution in [2.24, 2.45) is 0 Å². The maximum atomic E-state index is 14.0. The highest BCUT2D eigenvalue weighted by Gasteiger charge is 2.17. The van der Waals surface area contributed by atoms with Crippen molar-refractivity contribution in [2.75, 3.05) is 7.05 Å². The summed E-state index contributed by atoms with van der Waals surface area (Å²) in [6.07, 6.45) is 3.69. The van der Waals surface area contributed by atoms with Crippen LogP contribution in [0.25, 0.3) is 0 Å². The quantitative estimate of drug-likeness (QED) is 0.840. The van der Waals surface area contributed by atoms with Crippen LogP contribution in [0.4, 0.5) is 4.39 Å². The molecule has 5 heteroatoms. The van der Waals surface area contributed by atoms with Crippen molar-refractivity contribution in [3.8, 4) is 0 Å². The molecule has 0 aliphatic carbocycles. The molecular formula is C16H21BrFN3. The lowest BCUT2D eigenvalue weighted by Gasteiger charge is -2.17. The molecule has 1 N–H and O–H groups in total. The summed E-state index contributed by atoms with van der Waals surface area (Å²) >= 11 is 3.40. The summed E-state index contributed by atoms with van der Waals surface area (Å²) in [5, 5.41) is 7.77. The van der Waals surface area contributed by atoms with Crippen molar-refractivity contribution in [3.63, 3.8) is 0 Å². The Labute approximate surface area is 133 Å². The lowest BCUT2D eigenvalue weighted by atomic mass is 10.0. The van der Waals surface area contributed by atoms with Gasteiger partial charge in [-0.25, -0.2) is 4.39 Å². The van der Waals surface area contributed by atoms with Gasteiger partial charge in [-0.05, 0) is 44.7 Å². The number of nitrogens with one attached hydrogen (secondary N) is 1. The first kappa shape index (κ1) is 16.2. The molecule has 2 aromatic rings. The average Bonchev–Trinajstić information content (AvgIpc) is 2.95. The predicted octanol–water partition coefficient (Wildman–Crippen LogP) is 4.26. The van der Waals surface area contributed by atoms with Crippen LogP contribution < -0.4 is 5.32 Å². The minimum atomic E-state index is -0.195. The van der Waals surface area contributed by atoms with Gasteiger partial charge < -0.3 is 5.32 Å². The third kappa shape index (κ3) is 3.92. The number of rotatable bonds is 6. The molecule has 2 unspecified atom stereocenters. The molecule has 2 atom stereocenters. The van der Waals surface area contributed by atoms with E-state index >= 15 is 0 Å². The number of halogens is 2. The number of nitrogens with zero attached hydrogens (tertiary/aromatic N) is 2. The highest BCUT2D eigenvalue weighted by atomic mass is 79.9. The zero-order chi connectivity index (χ0) is 15.4. The normalized spacial score (nSPS) is 14.1. The zero-order valence-electron chi connectivity index (χ0n) is 12.6. The van der Waals surface area contributed by atoms with Gasteiger partial charge in [0.1, 0.15) is 5.82 Å². The standard InChI is InChI=1S/C16H21BrFN3/c1-4-11(2)21-8-7-13(20-21)10-16(19-3)14-9-12(17)5-6-15(14)18/h5-9,11,16,19H,4,10H2,1-3H3. The van der Waals surface area contributed by atoms with E-state index in [1.807, 2.05) is 30.1 Å². The first-order chi connectivity index (χ1) is 10.0. The molecular weight excluding hydrogens is 333 g/mol. The lowest BCUT2D eigenvalue weighted by Crippen LogP contribution is -2.20. The second-order valence-corrected chi connectivity index (χ2v) is 6.17. The van der Waals surface area contributed by atoms with Crippen LogP contribution in [0.15, 0.2) is 34.9 Å². The second kappa shape index (κ2) is 7.18. The fourth-order valence-electron chi connectivity index (χ4n) is 2.28. The van der Waals surface area contributed by atoms with Gasteiger partial charge in [0, 0.05) is 34.7 Å². The van der Waals surface area contributed by atoms with Crippen molar-refractivity contribution < 1.29 is 4.39 Å². The molecule has 0 amide bonds. The number of hydrogen-bond donors (Lipinski definition) is 1. The Balaban J connectivity index is 2.19. The zero-order valence-corrected chi connectivity index (χ0v) is 14.2. The van der Waals surface area contributed by atoms with E-state index in [0.717, 1.165) is 16.6 Å². The van der Waals surface area contributed by atoms with E-state index in [4.69, 9.17) is 0 Å². The molecule has 114 valence electrons. The summed E-state index contributed by atoms with van der Waals surface area (Å²) in [6.45, 7) is 4.28. The van der Waals surface area contributed by atoms with E-state index < -0.39 is 0 Å². The van der Waals surface area contributed by atoms with Gasteiger partial charge in [0.2, 0.25) is 0 Å². The van der Waals surface area contributed by atoms with Crippen molar-refractivity contribution in [1.29, 1.82) is 0 Å². The number of likely N-dealkylation sites (N-methyl/N-ethyl adjacent to an activating group) is 1. The van der Waals surface area contributed by atoms with E-state index in [1.54, 1.807) is 6.07 Å². The summed E-state index contributed by atoms with van der Waals surface area (Å²) in [5.74, 6) is -0.195. The van der Waals surface area contributed by atoms with Gasteiger partial charge in [-0.1, -0.05) is 22.9 Å². The predicted molar refractivity (Wildman–Crippen MR) is 86.8 cm³/mol. The molecule has 0 spiro atoms. The number of aromatic nitrogens is 2. The average molecular weight is 354 g/mol. The summed E-state index contributed by atoms with van der Waals surface area (Å²) in [5.41, 5.74) is 1.62. The lowest BCUT2D eigenvalue weighted by molar-refractivity contribution is 0.467. The smallest absolute Gasteiger partial charge is 0.128 e. The molecule has 1 aromatic carbocycles. The molecule has 3 nitrogen and oxygen atoms in total. The Bertz CT molecular complexity index is 597. The fourth-order valence-corrected chi connectivity index (χ4v) is 2.66. The number of benzene rings is 1. The van der Waals surface area contributed by atoms with Gasteiger partial charge in [0.25, 0.3) is 0 Å². The molecule has 0 radical (unpaired) electrons. The molecule has 1 aromatic heterocycles. The van der Waals surface area contributed by atoms with E-state index in [1.165, 1.54) is 6.07 Å². The molecule has 0 fully saturated rings. The van der Waals surface area contributed by atoms with E-state index in [-0.39, 0.29) is 11.9 Å². The summed E-state index contributed by atoms with van der Waals surface area (Å²) in [7, 11) is 1.84. The van der Waals surface area contributed by atoms with Crippen molar-refractivity contribution in [2.45, 2.75) is 38.8 Å². The Kier molecular flexibility index (Phi) is 5.53. The Hall–Kier alpha value is -1.20. The van der Waals surface area contributed by atoms with Crippen LogP contribution >= 0.6 is 15.9 Å². The number of hydrogen-bond acceptors (Lipinski definition) is 2.